The van der Waals surface area contributed by atoms with Gasteiger partial charge in [-0.25, -0.2) is 4.39 Å². The Hall–Kier alpha value is -1.75. The second-order valence-corrected chi connectivity index (χ2v) is 5.03. The Morgan fingerprint density at radius 3 is 2.43 bits per heavy atom. The van der Waals surface area contributed by atoms with Crippen LogP contribution in [0.25, 0.3) is 0 Å². The summed E-state index contributed by atoms with van der Waals surface area (Å²) in [6.07, 6.45) is -4.40. The summed E-state index contributed by atoms with van der Waals surface area (Å²) < 4.78 is 51.3. The molecule has 0 saturated carbocycles. The number of hydrogen-bond acceptors (Lipinski definition) is 1. The van der Waals surface area contributed by atoms with E-state index in [0.29, 0.717) is 11.3 Å². The molecule has 0 heterocycles. The van der Waals surface area contributed by atoms with Crippen LogP contribution in [0.3, 0.4) is 0 Å². The molecule has 0 radical (unpaired) electrons. The summed E-state index contributed by atoms with van der Waals surface area (Å²) in [7, 11) is 0. The third-order valence-corrected chi connectivity index (χ3v) is 3.32. The maximum Gasteiger partial charge on any atom is 0.416 e. The molecule has 0 bridgehead atoms. The highest BCUT2D eigenvalue weighted by atomic mass is 35.5. The van der Waals surface area contributed by atoms with Gasteiger partial charge in [-0.2, -0.15) is 13.2 Å². The van der Waals surface area contributed by atoms with Crippen LogP contribution < -0.4 is 5.32 Å². The van der Waals surface area contributed by atoms with E-state index in [9.17, 15) is 17.6 Å². The number of anilines is 1. The Kier molecular flexibility index (Phi) is 4.42. The second kappa shape index (κ2) is 5.93. The van der Waals surface area contributed by atoms with E-state index >= 15 is 0 Å². The number of benzene rings is 2. The van der Waals surface area contributed by atoms with Gasteiger partial charge in [0.05, 0.1) is 10.6 Å². The van der Waals surface area contributed by atoms with Crippen LogP contribution in [0.4, 0.5) is 23.2 Å². The van der Waals surface area contributed by atoms with Gasteiger partial charge >= 0.3 is 6.18 Å². The Morgan fingerprint density at radius 2 is 1.81 bits per heavy atom. The molecule has 21 heavy (non-hydrogen) atoms. The first-order valence-electron chi connectivity index (χ1n) is 6.16. The topological polar surface area (TPSA) is 12.0 Å². The molecule has 1 nitrogen and oxygen atoms in total. The van der Waals surface area contributed by atoms with Crippen molar-refractivity contribution in [1.29, 1.82) is 0 Å². The van der Waals surface area contributed by atoms with Crippen LogP contribution in [0, 0.1) is 5.82 Å². The number of alkyl halides is 3. The van der Waals surface area contributed by atoms with E-state index in [0.717, 1.165) is 12.1 Å². The first-order chi connectivity index (χ1) is 9.77. The van der Waals surface area contributed by atoms with E-state index in [4.69, 9.17) is 11.6 Å². The third-order valence-electron chi connectivity index (χ3n) is 3.02. The lowest BCUT2D eigenvalue weighted by Crippen LogP contribution is -2.09. The first kappa shape index (κ1) is 15.6. The summed E-state index contributed by atoms with van der Waals surface area (Å²) in [5.74, 6) is -0.563. The first-order valence-corrected chi connectivity index (χ1v) is 6.54. The molecular formula is C15H12ClF4N. The lowest BCUT2D eigenvalue weighted by atomic mass is 10.1. The van der Waals surface area contributed by atoms with Crippen LogP contribution in [-0.2, 0) is 6.18 Å². The van der Waals surface area contributed by atoms with Gasteiger partial charge in [0.1, 0.15) is 5.82 Å². The van der Waals surface area contributed by atoms with Gasteiger partial charge in [0.15, 0.2) is 0 Å². The van der Waals surface area contributed by atoms with Gasteiger partial charge in [0.2, 0.25) is 0 Å². The van der Waals surface area contributed by atoms with Crippen LogP contribution >= 0.6 is 11.6 Å². The number of halogens is 5. The van der Waals surface area contributed by atoms with Crippen molar-refractivity contribution in [1.82, 2.24) is 0 Å². The van der Waals surface area contributed by atoms with E-state index in [1.165, 1.54) is 24.3 Å². The molecule has 0 saturated heterocycles. The Morgan fingerprint density at radius 1 is 1.10 bits per heavy atom. The second-order valence-electron chi connectivity index (χ2n) is 4.62. The molecule has 1 unspecified atom stereocenters. The van der Waals surface area contributed by atoms with Crippen molar-refractivity contribution in [2.24, 2.45) is 0 Å². The standard InChI is InChI=1S/C15H12ClF4N/c1-9(10-5-6-13(16)14(17)7-10)21-12-4-2-3-11(8-12)15(18,19)20/h2-9,21H,1H3. The predicted octanol–water partition coefficient (Wildman–Crippen LogP) is 5.67. The normalized spacial score (nSPS) is 13.0. The largest absolute Gasteiger partial charge is 0.416 e. The van der Waals surface area contributed by atoms with Gasteiger partial charge in [0, 0.05) is 11.7 Å². The smallest absolute Gasteiger partial charge is 0.379 e. The van der Waals surface area contributed by atoms with Crippen molar-refractivity contribution in [3.05, 3.63) is 64.4 Å². The molecule has 2 aromatic carbocycles. The summed E-state index contributed by atoms with van der Waals surface area (Å²) in [5, 5.41) is 2.91. The molecule has 0 aliphatic rings. The van der Waals surface area contributed by atoms with Gasteiger partial charge in [-0.05, 0) is 42.8 Å². The molecule has 6 heteroatoms. The fourth-order valence-corrected chi connectivity index (χ4v) is 2.02. The minimum atomic E-state index is -4.40. The van der Waals surface area contributed by atoms with Gasteiger partial charge in [0.25, 0.3) is 0 Å². The van der Waals surface area contributed by atoms with E-state index in [2.05, 4.69) is 5.32 Å². The number of rotatable bonds is 3. The highest BCUT2D eigenvalue weighted by Crippen LogP contribution is 2.31. The van der Waals surface area contributed by atoms with E-state index in [-0.39, 0.29) is 11.1 Å². The zero-order valence-electron chi connectivity index (χ0n) is 11.0. The van der Waals surface area contributed by atoms with Gasteiger partial charge in [-0.15, -0.1) is 0 Å². The van der Waals surface area contributed by atoms with Crippen molar-refractivity contribution in [2.45, 2.75) is 19.1 Å². The molecule has 112 valence electrons. The fraction of sp³-hybridized carbons (Fsp3) is 0.200. The molecule has 0 aliphatic carbocycles. The van der Waals surface area contributed by atoms with Crippen molar-refractivity contribution in [3.63, 3.8) is 0 Å². The minimum absolute atomic E-state index is 0.00465. The van der Waals surface area contributed by atoms with Crippen LogP contribution in [0.5, 0.6) is 0 Å². The van der Waals surface area contributed by atoms with Gasteiger partial charge in [-0.3, -0.25) is 0 Å². The fourth-order valence-electron chi connectivity index (χ4n) is 1.90. The SMILES string of the molecule is CC(Nc1cccc(C(F)(F)F)c1)c1ccc(Cl)c(F)c1. The summed E-state index contributed by atoms with van der Waals surface area (Å²) in [4.78, 5) is 0. The molecule has 1 atom stereocenters. The highest BCUT2D eigenvalue weighted by Gasteiger charge is 2.30. The summed E-state index contributed by atoms with van der Waals surface area (Å²) >= 11 is 5.60. The van der Waals surface area contributed by atoms with E-state index in [1.807, 2.05) is 0 Å². The summed E-state index contributed by atoms with van der Waals surface area (Å²) in [6.45, 7) is 1.73. The highest BCUT2D eigenvalue weighted by molar-refractivity contribution is 6.30. The maximum absolute atomic E-state index is 13.4. The maximum atomic E-state index is 13.4. The summed E-state index contributed by atoms with van der Waals surface area (Å²) in [5.41, 5.74) is 0.170. The molecule has 0 amide bonds. The Labute approximate surface area is 124 Å². The quantitative estimate of drug-likeness (QED) is 0.719. The van der Waals surface area contributed by atoms with Gasteiger partial charge < -0.3 is 5.32 Å². The average Bonchev–Trinajstić information content (AvgIpc) is 2.41. The van der Waals surface area contributed by atoms with Crippen LogP contribution in [-0.4, -0.2) is 0 Å². The van der Waals surface area contributed by atoms with Crippen molar-refractivity contribution in [3.8, 4) is 0 Å². The molecule has 2 rings (SSSR count). The molecule has 0 spiro atoms. The zero-order valence-corrected chi connectivity index (χ0v) is 11.8. The molecule has 2 aromatic rings. The Balaban J connectivity index is 2.19. The lowest BCUT2D eigenvalue weighted by molar-refractivity contribution is -0.137. The number of hydrogen-bond donors (Lipinski definition) is 1. The predicted molar refractivity (Wildman–Crippen MR) is 74.9 cm³/mol. The molecule has 0 aromatic heterocycles. The van der Waals surface area contributed by atoms with Crippen LogP contribution in [0.2, 0.25) is 5.02 Å². The Bertz CT molecular complexity index is 640. The monoisotopic (exact) mass is 317 g/mol. The third kappa shape index (κ3) is 3.88. The van der Waals surface area contributed by atoms with E-state index < -0.39 is 17.6 Å². The summed E-state index contributed by atoms with van der Waals surface area (Å²) in [6, 6.07) is 8.79. The molecule has 1 N–H and O–H groups in total. The van der Waals surface area contributed by atoms with Crippen LogP contribution in [0.1, 0.15) is 24.1 Å². The molecule has 0 aliphatic heterocycles. The van der Waals surface area contributed by atoms with Crippen molar-refractivity contribution in [2.75, 3.05) is 5.32 Å². The molecular weight excluding hydrogens is 306 g/mol. The van der Waals surface area contributed by atoms with Crippen molar-refractivity contribution >= 4 is 17.3 Å². The van der Waals surface area contributed by atoms with Crippen molar-refractivity contribution < 1.29 is 17.6 Å². The van der Waals surface area contributed by atoms with Gasteiger partial charge in [-0.1, -0.05) is 23.7 Å². The zero-order chi connectivity index (χ0) is 15.6. The van der Waals surface area contributed by atoms with E-state index in [1.54, 1.807) is 13.0 Å². The van der Waals surface area contributed by atoms with Crippen LogP contribution in [0.15, 0.2) is 42.5 Å². The number of nitrogens with one attached hydrogen (secondary N) is 1. The molecule has 0 fully saturated rings. The lowest BCUT2D eigenvalue weighted by Gasteiger charge is -2.17. The minimum Gasteiger partial charge on any atom is -0.379 e. The average molecular weight is 318 g/mol.